The number of esters is 2. The highest BCUT2D eigenvalue weighted by Gasteiger charge is 2.41. The molecule has 0 aromatic heterocycles. The van der Waals surface area contributed by atoms with E-state index in [1.54, 1.807) is 13.8 Å². The molecule has 0 radical (unpaired) electrons. The van der Waals surface area contributed by atoms with Crippen LogP contribution >= 0.6 is 0 Å². The van der Waals surface area contributed by atoms with Crippen LogP contribution in [-0.2, 0) is 58.5 Å². The Morgan fingerprint density at radius 2 is 0.871 bits per heavy atom. The number of hydrogen-bond acceptors (Lipinski definition) is 12. The number of carbonyl (C=O) groups excluding carboxylic acids is 6. The Bertz CT molecular complexity index is 2400. The maximum atomic E-state index is 13.2. The highest BCUT2D eigenvalue weighted by Crippen LogP contribution is 2.42. The van der Waals surface area contributed by atoms with Crippen molar-refractivity contribution >= 4 is 55.6 Å². The first kappa shape index (κ1) is 60.3. The van der Waals surface area contributed by atoms with Gasteiger partial charge in [-0.05, 0) is 74.7 Å². The third kappa shape index (κ3) is 22.7. The Hall–Kier alpha value is -5.82. The van der Waals surface area contributed by atoms with Crippen molar-refractivity contribution in [3.63, 3.8) is 0 Å². The van der Waals surface area contributed by atoms with Crippen LogP contribution < -0.4 is 10.6 Å². The maximum Gasteiger partial charge on any atom is 0.307 e. The van der Waals surface area contributed by atoms with Crippen molar-refractivity contribution in [2.24, 2.45) is 10.8 Å². The minimum Gasteiger partial charge on any atom is -0.454 e. The Morgan fingerprint density at radius 3 is 1.20 bits per heavy atom. The van der Waals surface area contributed by atoms with Crippen molar-refractivity contribution in [2.45, 2.75) is 120 Å². The van der Waals surface area contributed by atoms with Gasteiger partial charge in [-0.3, -0.25) is 37.9 Å². The van der Waals surface area contributed by atoms with E-state index in [1.807, 2.05) is 140 Å². The van der Waals surface area contributed by atoms with Crippen molar-refractivity contribution in [3.05, 3.63) is 130 Å². The summed E-state index contributed by atoms with van der Waals surface area (Å²) in [4.78, 5) is 75.2. The fourth-order valence-electron chi connectivity index (χ4n) is 7.44. The summed E-state index contributed by atoms with van der Waals surface area (Å²) in [5.74, 6) is -4.51. The number of Topliss-reactive ketones (excluding diaryl/α,β-unsaturated/α-hetero) is 2. The van der Waals surface area contributed by atoms with Crippen LogP contribution in [0.3, 0.4) is 0 Å². The van der Waals surface area contributed by atoms with Crippen molar-refractivity contribution in [1.82, 2.24) is 10.6 Å². The molecule has 4 N–H and O–H groups in total. The fraction of sp³-hybridized carbons (Fsp3) is 0.462. The number of ether oxygens (including phenoxy) is 2. The maximum absolute atomic E-state index is 13.2. The molecule has 0 fully saturated rings. The van der Waals surface area contributed by atoms with E-state index in [0.717, 1.165) is 33.4 Å². The number of nitrogens with one attached hydrogen (secondary N) is 2. The molecule has 2 aliphatic carbocycles. The number of allylic oxidation sites excluding steroid dienone is 20. The summed E-state index contributed by atoms with van der Waals surface area (Å²) in [5.41, 5.74) is 5.57. The van der Waals surface area contributed by atoms with Gasteiger partial charge in [0.15, 0.2) is 23.8 Å². The van der Waals surface area contributed by atoms with E-state index in [0.29, 0.717) is 11.1 Å². The summed E-state index contributed by atoms with van der Waals surface area (Å²) in [6.45, 7) is 18.5. The molecule has 0 saturated heterocycles. The Kier molecular flexibility index (Phi) is 23.7. The second-order valence-corrected chi connectivity index (χ2v) is 21.8. The lowest BCUT2D eigenvalue weighted by Crippen LogP contribution is -2.39. The first-order valence-corrected chi connectivity index (χ1v) is 26.0. The van der Waals surface area contributed by atoms with E-state index in [9.17, 15) is 45.6 Å². The molecule has 0 heterocycles. The van der Waals surface area contributed by atoms with Gasteiger partial charge in [0.1, 0.15) is 0 Å². The van der Waals surface area contributed by atoms with E-state index in [-0.39, 0.29) is 63.2 Å². The van der Waals surface area contributed by atoms with Crippen LogP contribution in [0, 0.1) is 10.8 Å². The standard InChI is InChI=1S/C52H70N2O14S2/c1-35(17-13-19-37(3)21-23-41-39(5)49(59)43(33-51(41,7)8)67-47(57)27-25-45(55)53-29-31-69(61,62)63)15-11-12-16-36(2)18-14-20-38(4)22-24-42-40(6)50(60)44(34-52(42,9)10)68-48(58)28-26-46(56)54-30-32-70(64,65)66/h11-24,43-44H,25-34H2,1-10H3,(H,53,55)(H,54,56)(H,61,62,63)(H,64,65,66)/b12-11+,17-13+,18-14+,23-21+,24-22+,35-15+,36-16+,37-19+,38-20+. The molecule has 2 amide bonds. The minimum absolute atomic E-state index is 0.257. The quantitative estimate of drug-likeness (QED) is 0.0413. The lowest BCUT2D eigenvalue weighted by molar-refractivity contribution is -0.156. The van der Waals surface area contributed by atoms with Crippen LogP contribution in [0.25, 0.3) is 0 Å². The van der Waals surface area contributed by atoms with Gasteiger partial charge in [0, 0.05) is 38.8 Å². The van der Waals surface area contributed by atoms with Gasteiger partial charge in [-0.25, -0.2) is 0 Å². The van der Waals surface area contributed by atoms with Gasteiger partial charge >= 0.3 is 11.9 Å². The monoisotopic (exact) mass is 1010 g/mol. The summed E-state index contributed by atoms with van der Waals surface area (Å²) in [5, 5.41) is 4.60. The average Bonchev–Trinajstić information content (AvgIpc) is 3.23. The topological polar surface area (TPSA) is 254 Å². The van der Waals surface area contributed by atoms with Gasteiger partial charge in [0.25, 0.3) is 20.2 Å². The lowest BCUT2D eigenvalue weighted by atomic mass is 9.71. The third-order valence-corrected chi connectivity index (χ3v) is 12.7. The predicted octanol–water partition coefficient (Wildman–Crippen LogP) is 7.58. The van der Waals surface area contributed by atoms with Crippen LogP contribution in [0.1, 0.15) is 108 Å². The fourth-order valence-corrected chi connectivity index (χ4v) is 8.16. The molecule has 0 bridgehead atoms. The summed E-state index contributed by atoms with van der Waals surface area (Å²) >= 11 is 0. The lowest BCUT2D eigenvalue weighted by Gasteiger charge is -2.36. The van der Waals surface area contributed by atoms with Gasteiger partial charge in [-0.1, -0.05) is 135 Å². The van der Waals surface area contributed by atoms with Gasteiger partial charge in [-0.15, -0.1) is 0 Å². The van der Waals surface area contributed by atoms with E-state index >= 15 is 0 Å². The molecule has 16 nitrogen and oxygen atoms in total. The van der Waals surface area contributed by atoms with Crippen LogP contribution in [0.4, 0.5) is 0 Å². The summed E-state index contributed by atoms with van der Waals surface area (Å²) < 4.78 is 71.7. The van der Waals surface area contributed by atoms with Crippen molar-refractivity contribution in [1.29, 1.82) is 0 Å². The second kappa shape index (κ2) is 27.5. The molecule has 2 unspecified atom stereocenters. The van der Waals surface area contributed by atoms with Crippen molar-refractivity contribution in [2.75, 3.05) is 24.6 Å². The van der Waals surface area contributed by atoms with E-state index in [1.165, 1.54) is 0 Å². The predicted molar refractivity (Wildman–Crippen MR) is 270 cm³/mol. The molecule has 0 aromatic rings. The van der Waals surface area contributed by atoms with Gasteiger partial charge in [0.2, 0.25) is 11.8 Å². The van der Waals surface area contributed by atoms with E-state index in [4.69, 9.17) is 18.6 Å². The van der Waals surface area contributed by atoms with Crippen molar-refractivity contribution < 1.29 is 64.2 Å². The number of ketones is 2. The number of carbonyl (C=O) groups is 6. The van der Waals surface area contributed by atoms with Crippen molar-refractivity contribution in [3.8, 4) is 0 Å². The zero-order chi connectivity index (χ0) is 53.0. The third-order valence-electron chi connectivity index (χ3n) is 11.3. The first-order valence-electron chi connectivity index (χ1n) is 22.8. The van der Waals surface area contributed by atoms with E-state index in [2.05, 4.69) is 10.6 Å². The molecular weight excluding hydrogens is 941 g/mol. The molecule has 70 heavy (non-hydrogen) atoms. The Morgan fingerprint density at radius 1 is 0.557 bits per heavy atom. The van der Waals surface area contributed by atoms with Crippen LogP contribution in [0.5, 0.6) is 0 Å². The molecule has 0 spiro atoms. The molecule has 18 heteroatoms. The van der Waals surface area contributed by atoms with Crippen LogP contribution in [-0.4, -0.2) is 98.1 Å². The minimum atomic E-state index is -4.22. The zero-order valence-corrected chi connectivity index (χ0v) is 43.6. The number of hydrogen-bond donors (Lipinski definition) is 4. The van der Waals surface area contributed by atoms with Gasteiger partial charge in [0.05, 0.1) is 24.3 Å². The number of rotatable bonds is 24. The normalized spacial score (nSPS) is 19.9. The molecule has 0 aliphatic heterocycles. The molecule has 2 aliphatic rings. The Labute approximate surface area is 413 Å². The highest BCUT2D eigenvalue weighted by atomic mass is 32.2. The SMILES string of the molecule is CC1=C(/C=C/C(C)=C/C=C/C(C)=C/C=C/C=C(C)/C=C/C=C(C)/C=C/C2=C(C)C(=O)C(OC(=O)CCC(=O)NCCS(=O)(=O)O)CC2(C)C)C(C)(C)CC(OC(=O)CCC(=O)NCCS(=O)(=O)O)C1=O. The van der Waals surface area contributed by atoms with Crippen LogP contribution in [0.2, 0.25) is 0 Å². The zero-order valence-electron chi connectivity index (χ0n) is 41.9. The summed E-state index contributed by atoms with van der Waals surface area (Å²) in [6.07, 6.45) is 24.7. The summed E-state index contributed by atoms with van der Waals surface area (Å²) in [7, 11) is -8.45. The molecule has 384 valence electrons. The summed E-state index contributed by atoms with van der Waals surface area (Å²) in [6, 6.07) is 0. The Balaban J connectivity index is 1.93. The van der Waals surface area contributed by atoms with Crippen LogP contribution in [0.15, 0.2) is 130 Å². The molecule has 0 saturated carbocycles. The molecule has 2 rings (SSSR count). The highest BCUT2D eigenvalue weighted by molar-refractivity contribution is 7.86. The first-order chi connectivity index (χ1) is 32.4. The number of amides is 2. The second-order valence-electron chi connectivity index (χ2n) is 18.6. The average molecular weight is 1010 g/mol. The molecule has 2 atom stereocenters. The van der Waals surface area contributed by atoms with Gasteiger partial charge < -0.3 is 20.1 Å². The van der Waals surface area contributed by atoms with Gasteiger partial charge in [-0.2, -0.15) is 16.8 Å². The molecular formula is C52H70N2O14S2. The largest absolute Gasteiger partial charge is 0.454 e. The molecule has 0 aromatic carbocycles. The smallest absolute Gasteiger partial charge is 0.307 e. The van der Waals surface area contributed by atoms with E-state index < -0.39 is 78.5 Å².